The van der Waals surface area contributed by atoms with Crippen LogP contribution in [0.3, 0.4) is 0 Å². The molecule has 0 saturated carbocycles. The average molecular weight is 369 g/mol. The van der Waals surface area contributed by atoms with Gasteiger partial charge in [-0.25, -0.2) is 0 Å². The Morgan fingerprint density at radius 3 is 2.25 bits per heavy atom. The number of likely N-dealkylation sites (N-methyl/N-ethyl adjacent to an activating group) is 1. The molecule has 0 aliphatic rings. The van der Waals surface area contributed by atoms with Crippen LogP contribution in [0.25, 0.3) is 0 Å². The Labute approximate surface area is 152 Å². The maximum Gasteiger partial charge on any atom is 0.300 e. The van der Waals surface area contributed by atoms with E-state index in [2.05, 4.69) is 23.6 Å². The summed E-state index contributed by atoms with van der Waals surface area (Å²) in [4.78, 5) is 9.00. The van der Waals surface area contributed by atoms with Gasteiger partial charge in [0, 0.05) is 12.6 Å². The zero-order valence-electron chi connectivity index (χ0n) is 13.8. The third-order valence-electron chi connectivity index (χ3n) is 3.06. The van der Waals surface area contributed by atoms with Crippen molar-refractivity contribution in [3.05, 3.63) is 58.1 Å². The van der Waals surface area contributed by atoms with E-state index in [0.717, 1.165) is 37.8 Å². The molecule has 130 valence electrons. The number of aliphatic carboxylic acids is 1. The van der Waals surface area contributed by atoms with Crippen molar-refractivity contribution in [3.8, 4) is 0 Å². The van der Waals surface area contributed by atoms with Crippen LogP contribution >= 0.6 is 23.2 Å². The van der Waals surface area contributed by atoms with Gasteiger partial charge in [-0.3, -0.25) is 4.79 Å². The van der Waals surface area contributed by atoms with Crippen LogP contribution in [0, 0.1) is 0 Å². The highest BCUT2D eigenvalue weighted by Crippen LogP contribution is 2.33. The van der Waals surface area contributed by atoms with Crippen LogP contribution < -0.4 is 10.6 Å². The second kappa shape index (κ2) is 10.9. The number of halogens is 2. The SMILES string of the molecule is CC(=O)O.CCNCCc1ccccc1Nc1c(Cl)cccc1Cl. The maximum atomic E-state index is 9.00. The molecule has 4 nitrogen and oxygen atoms in total. The number of para-hydroxylation sites is 2. The summed E-state index contributed by atoms with van der Waals surface area (Å²) in [5.41, 5.74) is 3.04. The molecule has 2 aromatic rings. The molecule has 0 heterocycles. The second-order valence-corrected chi connectivity index (χ2v) is 5.82. The predicted molar refractivity (Wildman–Crippen MR) is 102 cm³/mol. The van der Waals surface area contributed by atoms with Gasteiger partial charge in [-0.15, -0.1) is 0 Å². The molecule has 0 fully saturated rings. The number of hydrogen-bond acceptors (Lipinski definition) is 3. The molecule has 0 amide bonds. The van der Waals surface area contributed by atoms with Crippen molar-refractivity contribution in [3.63, 3.8) is 0 Å². The summed E-state index contributed by atoms with van der Waals surface area (Å²) < 4.78 is 0. The van der Waals surface area contributed by atoms with Crippen LogP contribution in [-0.2, 0) is 11.2 Å². The number of carboxylic acids is 1. The predicted octanol–water partition coefficient (Wildman–Crippen LogP) is 4.98. The first-order valence-corrected chi connectivity index (χ1v) is 8.40. The first-order valence-electron chi connectivity index (χ1n) is 7.64. The van der Waals surface area contributed by atoms with Crippen molar-refractivity contribution in [1.29, 1.82) is 0 Å². The summed E-state index contributed by atoms with van der Waals surface area (Å²) in [6, 6.07) is 13.7. The molecule has 6 heteroatoms. The Balaban J connectivity index is 0.000000648. The second-order valence-electron chi connectivity index (χ2n) is 5.00. The minimum absolute atomic E-state index is 0.624. The minimum atomic E-state index is -0.833. The Bertz CT molecular complexity index is 639. The van der Waals surface area contributed by atoms with Gasteiger partial charge in [0.15, 0.2) is 0 Å². The van der Waals surface area contributed by atoms with Gasteiger partial charge in [0.2, 0.25) is 0 Å². The molecule has 24 heavy (non-hydrogen) atoms. The Morgan fingerprint density at radius 1 is 1.08 bits per heavy atom. The monoisotopic (exact) mass is 368 g/mol. The molecule has 0 aliphatic carbocycles. The normalized spacial score (nSPS) is 9.83. The lowest BCUT2D eigenvalue weighted by Crippen LogP contribution is -2.16. The molecule has 0 aromatic heterocycles. The van der Waals surface area contributed by atoms with Crippen LogP contribution in [0.1, 0.15) is 19.4 Å². The van der Waals surface area contributed by atoms with E-state index >= 15 is 0 Å². The van der Waals surface area contributed by atoms with Crippen molar-refractivity contribution in [2.45, 2.75) is 20.3 Å². The molecular weight excluding hydrogens is 347 g/mol. The molecule has 0 atom stereocenters. The topological polar surface area (TPSA) is 61.4 Å². The molecule has 0 aliphatic heterocycles. The van der Waals surface area contributed by atoms with Crippen molar-refractivity contribution < 1.29 is 9.90 Å². The maximum absolute atomic E-state index is 9.00. The van der Waals surface area contributed by atoms with E-state index in [4.69, 9.17) is 33.1 Å². The van der Waals surface area contributed by atoms with E-state index in [-0.39, 0.29) is 0 Å². The van der Waals surface area contributed by atoms with Gasteiger partial charge in [0.1, 0.15) is 0 Å². The molecule has 0 saturated heterocycles. The van der Waals surface area contributed by atoms with Gasteiger partial charge in [0.05, 0.1) is 15.7 Å². The van der Waals surface area contributed by atoms with E-state index in [1.165, 1.54) is 5.56 Å². The summed E-state index contributed by atoms with van der Waals surface area (Å²) in [7, 11) is 0. The van der Waals surface area contributed by atoms with Crippen LogP contribution in [0.15, 0.2) is 42.5 Å². The first-order chi connectivity index (χ1) is 11.5. The van der Waals surface area contributed by atoms with Gasteiger partial charge in [0.25, 0.3) is 5.97 Å². The molecule has 0 bridgehead atoms. The summed E-state index contributed by atoms with van der Waals surface area (Å²) in [6.45, 7) is 5.12. The molecular formula is C18H22Cl2N2O2. The highest BCUT2D eigenvalue weighted by Gasteiger charge is 2.08. The lowest BCUT2D eigenvalue weighted by Gasteiger charge is -2.14. The Morgan fingerprint density at radius 2 is 1.67 bits per heavy atom. The number of carboxylic acid groups (broad SMARTS) is 1. The van der Waals surface area contributed by atoms with Crippen LogP contribution in [0.4, 0.5) is 11.4 Å². The number of nitrogens with one attached hydrogen (secondary N) is 2. The van der Waals surface area contributed by atoms with E-state index < -0.39 is 5.97 Å². The lowest BCUT2D eigenvalue weighted by atomic mass is 10.1. The molecule has 0 unspecified atom stereocenters. The summed E-state index contributed by atoms with van der Waals surface area (Å²) >= 11 is 12.4. The number of rotatable bonds is 6. The van der Waals surface area contributed by atoms with E-state index in [9.17, 15) is 0 Å². The Kier molecular flexibility index (Phi) is 9.23. The standard InChI is InChI=1S/C16H18Cl2N2.C2H4O2/c1-2-19-11-10-12-6-3-4-9-15(12)20-16-13(17)7-5-8-14(16)18;1-2(3)4/h3-9,19-20H,2,10-11H2,1H3;1H3,(H,3,4). The lowest BCUT2D eigenvalue weighted by molar-refractivity contribution is -0.134. The van der Waals surface area contributed by atoms with Gasteiger partial charge in [-0.05, 0) is 43.3 Å². The fourth-order valence-corrected chi connectivity index (χ4v) is 2.50. The van der Waals surface area contributed by atoms with Crippen LogP contribution in [0.5, 0.6) is 0 Å². The van der Waals surface area contributed by atoms with E-state index in [1.807, 2.05) is 36.4 Å². The summed E-state index contributed by atoms with van der Waals surface area (Å²) in [5.74, 6) is -0.833. The largest absolute Gasteiger partial charge is 0.481 e. The summed E-state index contributed by atoms with van der Waals surface area (Å²) in [5, 5.41) is 15.3. The third-order valence-corrected chi connectivity index (χ3v) is 3.69. The van der Waals surface area contributed by atoms with Gasteiger partial charge in [-0.2, -0.15) is 0 Å². The highest BCUT2D eigenvalue weighted by atomic mass is 35.5. The number of hydrogen-bond donors (Lipinski definition) is 3. The third kappa shape index (κ3) is 7.21. The smallest absolute Gasteiger partial charge is 0.300 e. The molecule has 3 N–H and O–H groups in total. The first kappa shape index (κ1) is 20.3. The minimum Gasteiger partial charge on any atom is -0.481 e. The van der Waals surface area contributed by atoms with Crippen molar-refractivity contribution in [2.75, 3.05) is 18.4 Å². The zero-order chi connectivity index (χ0) is 17.9. The van der Waals surface area contributed by atoms with Crippen LogP contribution in [-0.4, -0.2) is 24.2 Å². The number of benzene rings is 2. The van der Waals surface area contributed by atoms with E-state index in [1.54, 1.807) is 0 Å². The molecule has 2 rings (SSSR count). The van der Waals surface area contributed by atoms with Gasteiger partial charge in [-0.1, -0.05) is 54.4 Å². The van der Waals surface area contributed by atoms with Crippen molar-refractivity contribution in [2.24, 2.45) is 0 Å². The van der Waals surface area contributed by atoms with Crippen LogP contribution in [0.2, 0.25) is 10.0 Å². The van der Waals surface area contributed by atoms with Gasteiger partial charge < -0.3 is 15.7 Å². The molecule has 0 radical (unpaired) electrons. The molecule has 2 aromatic carbocycles. The Hall–Kier alpha value is -1.75. The number of anilines is 2. The fourth-order valence-electron chi connectivity index (χ4n) is 2.01. The van der Waals surface area contributed by atoms with Gasteiger partial charge >= 0.3 is 0 Å². The number of carbonyl (C=O) groups is 1. The zero-order valence-corrected chi connectivity index (χ0v) is 15.3. The van der Waals surface area contributed by atoms with Crippen molar-refractivity contribution >= 4 is 40.5 Å². The quantitative estimate of drug-likeness (QED) is 0.629. The summed E-state index contributed by atoms with van der Waals surface area (Å²) in [6.07, 6.45) is 0.957. The average Bonchev–Trinajstić information content (AvgIpc) is 2.52. The van der Waals surface area contributed by atoms with E-state index in [0.29, 0.717) is 10.0 Å². The molecule has 0 spiro atoms. The van der Waals surface area contributed by atoms with Crippen molar-refractivity contribution in [1.82, 2.24) is 5.32 Å². The highest BCUT2D eigenvalue weighted by molar-refractivity contribution is 6.39. The fraction of sp³-hybridized carbons (Fsp3) is 0.278.